The van der Waals surface area contributed by atoms with Crippen molar-refractivity contribution in [2.45, 2.75) is 6.92 Å². The number of nitro groups is 2. The van der Waals surface area contributed by atoms with E-state index in [0.717, 1.165) is 0 Å². The van der Waals surface area contributed by atoms with Gasteiger partial charge in [-0.15, -0.1) is 0 Å². The van der Waals surface area contributed by atoms with Crippen LogP contribution in [-0.4, -0.2) is 14.8 Å². The Balaban J connectivity index is 2.48. The Morgan fingerprint density at radius 2 is 1.72 bits per heavy atom. The minimum atomic E-state index is -0.684. The van der Waals surface area contributed by atoms with Crippen molar-refractivity contribution in [2.24, 2.45) is 0 Å². The molecule has 0 aliphatic carbocycles. The summed E-state index contributed by atoms with van der Waals surface area (Å²) >= 11 is 0. The number of nitrogens with zero attached hydrogens (tertiary/aromatic N) is 3. The van der Waals surface area contributed by atoms with Crippen molar-refractivity contribution < 1.29 is 14.3 Å². The highest BCUT2D eigenvalue weighted by atomic mass is 16.7. The maximum Gasteiger partial charge on any atom is 0.461 e. The Morgan fingerprint density at radius 1 is 1.11 bits per heavy atom. The van der Waals surface area contributed by atoms with Crippen molar-refractivity contribution in [1.29, 1.82) is 0 Å². The molecule has 2 rings (SSSR count). The van der Waals surface area contributed by atoms with Crippen molar-refractivity contribution >= 4 is 11.6 Å². The lowest BCUT2D eigenvalue weighted by molar-refractivity contribution is -0.401. The zero-order valence-corrected chi connectivity index (χ0v) is 9.19. The highest BCUT2D eigenvalue weighted by molar-refractivity contribution is 5.67. The number of rotatable bonds is 3. The quantitative estimate of drug-likeness (QED) is 0.609. The average molecular weight is 249 g/mol. The third kappa shape index (κ3) is 2.03. The normalized spacial score (nSPS) is 10.3. The van der Waals surface area contributed by atoms with E-state index in [4.69, 9.17) is 4.42 Å². The van der Waals surface area contributed by atoms with Gasteiger partial charge >= 0.3 is 5.88 Å². The summed E-state index contributed by atoms with van der Waals surface area (Å²) in [6.07, 6.45) is 0. The summed E-state index contributed by atoms with van der Waals surface area (Å²) in [6.45, 7) is 1.49. The fourth-order valence-electron chi connectivity index (χ4n) is 1.47. The molecule has 0 atom stereocenters. The van der Waals surface area contributed by atoms with Gasteiger partial charge in [0.25, 0.3) is 5.69 Å². The van der Waals surface area contributed by atoms with Gasteiger partial charge in [-0.2, -0.15) is 0 Å². The summed E-state index contributed by atoms with van der Waals surface area (Å²) in [4.78, 5) is 23.9. The summed E-state index contributed by atoms with van der Waals surface area (Å²) < 4.78 is 4.86. The minimum Gasteiger partial charge on any atom is -0.385 e. The fraction of sp³-hybridized carbons (Fsp3) is 0.100. The van der Waals surface area contributed by atoms with Gasteiger partial charge in [0.05, 0.1) is 4.92 Å². The molecule has 0 unspecified atom stereocenters. The number of benzene rings is 1. The molecule has 1 heterocycles. The van der Waals surface area contributed by atoms with Gasteiger partial charge in [-0.3, -0.25) is 20.2 Å². The molecule has 0 aliphatic rings. The predicted octanol–water partition coefficient (Wildman–Crippen LogP) is 2.47. The molecule has 0 amide bonds. The molecular formula is C10H7N3O5. The number of nitro benzene ring substituents is 1. The van der Waals surface area contributed by atoms with Crippen LogP contribution < -0.4 is 0 Å². The van der Waals surface area contributed by atoms with Crippen LogP contribution in [0.1, 0.15) is 5.89 Å². The monoisotopic (exact) mass is 249 g/mol. The van der Waals surface area contributed by atoms with Crippen molar-refractivity contribution in [3.05, 3.63) is 50.4 Å². The first kappa shape index (κ1) is 11.7. The summed E-state index contributed by atoms with van der Waals surface area (Å²) in [5, 5.41) is 21.2. The highest BCUT2D eigenvalue weighted by Gasteiger charge is 2.23. The van der Waals surface area contributed by atoms with Crippen molar-refractivity contribution in [1.82, 2.24) is 4.98 Å². The van der Waals surface area contributed by atoms with Crippen LogP contribution >= 0.6 is 0 Å². The SMILES string of the molecule is Cc1nc(-c2ccc([N+](=O)[O-])cc2)c([N+](=O)[O-])o1. The third-order valence-electron chi connectivity index (χ3n) is 2.23. The summed E-state index contributed by atoms with van der Waals surface area (Å²) in [6, 6.07) is 5.29. The lowest BCUT2D eigenvalue weighted by atomic mass is 10.1. The van der Waals surface area contributed by atoms with Crippen LogP contribution in [0.15, 0.2) is 28.7 Å². The molecule has 8 heteroatoms. The lowest BCUT2D eigenvalue weighted by Crippen LogP contribution is -1.90. The molecule has 0 bridgehead atoms. The standard InChI is InChI=1S/C10H7N3O5/c1-6-11-9(10(18-6)13(16)17)7-2-4-8(5-3-7)12(14)15/h2-5H,1H3. The number of hydrogen-bond donors (Lipinski definition) is 0. The van der Waals surface area contributed by atoms with Crippen LogP contribution in [-0.2, 0) is 0 Å². The van der Waals surface area contributed by atoms with Gasteiger partial charge < -0.3 is 4.42 Å². The van der Waals surface area contributed by atoms with E-state index in [1.54, 1.807) is 0 Å². The highest BCUT2D eigenvalue weighted by Crippen LogP contribution is 2.30. The van der Waals surface area contributed by atoms with Crippen molar-refractivity contribution in [2.75, 3.05) is 0 Å². The van der Waals surface area contributed by atoms with E-state index in [9.17, 15) is 20.2 Å². The van der Waals surface area contributed by atoms with Crippen LogP contribution in [0.3, 0.4) is 0 Å². The van der Waals surface area contributed by atoms with Gasteiger partial charge in [0.2, 0.25) is 0 Å². The van der Waals surface area contributed by atoms with E-state index < -0.39 is 15.7 Å². The van der Waals surface area contributed by atoms with E-state index in [1.807, 2.05) is 0 Å². The Morgan fingerprint density at radius 3 is 2.22 bits per heavy atom. The first-order valence-corrected chi connectivity index (χ1v) is 4.85. The lowest BCUT2D eigenvalue weighted by Gasteiger charge is -1.95. The zero-order chi connectivity index (χ0) is 13.3. The van der Waals surface area contributed by atoms with Gasteiger partial charge in [-0.25, -0.2) is 4.98 Å². The number of oxazole rings is 1. The largest absolute Gasteiger partial charge is 0.461 e. The molecule has 2 aromatic rings. The minimum absolute atomic E-state index is 0.0624. The molecule has 92 valence electrons. The zero-order valence-electron chi connectivity index (χ0n) is 9.19. The Labute approximate surface area is 100 Å². The number of hydrogen-bond acceptors (Lipinski definition) is 6. The molecule has 0 spiro atoms. The molecule has 18 heavy (non-hydrogen) atoms. The van der Waals surface area contributed by atoms with Crippen LogP contribution in [0.4, 0.5) is 11.6 Å². The third-order valence-corrected chi connectivity index (χ3v) is 2.23. The first-order chi connectivity index (χ1) is 8.49. The molecule has 0 aliphatic heterocycles. The summed E-state index contributed by atoms with van der Waals surface area (Å²) in [7, 11) is 0. The van der Waals surface area contributed by atoms with Crippen LogP contribution in [0.5, 0.6) is 0 Å². The maximum atomic E-state index is 10.7. The van der Waals surface area contributed by atoms with Gasteiger partial charge in [0, 0.05) is 24.6 Å². The molecule has 0 radical (unpaired) electrons. The smallest absolute Gasteiger partial charge is 0.385 e. The number of non-ortho nitro benzene ring substituents is 1. The summed E-state index contributed by atoms with van der Waals surface area (Å²) in [5.74, 6) is -0.309. The van der Waals surface area contributed by atoms with Crippen molar-refractivity contribution in [3.63, 3.8) is 0 Å². The Hall–Kier alpha value is -2.77. The van der Waals surface area contributed by atoms with Gasteiger partial charge in [0.15, 0.2) is 11.6 Å². The predicted molar refractivity (Wildman–Crippen MR) is 60.0 cm³/mol. The number of aryl methyl sites for hydroxylation is 1. The van der Waals surface area contributed by atoms with Crippen molar-refractivity contribution in [3.8, 4) is 11.3 Å². The van der Waals surface area contributed by atoms with Crippen LogP contribution in [0.2, 0.25) is 0 Å². The molecule has 0 saturated carbocycles. The maximum absolute atomic E-state index is 10.7. The molecule has 0 saturated heterocycles. The molecule has 8 nitrogen and oxygen atoms in total. The van der Waals surface area contributed by atoms with Gasteiger partial charge in [0.1, 0.15) is 4.92 Å². The second-order valence-electron chi connectivity index (χ2n) is 3.45. The van der Waals surface area contributed by atoms with Crippen LogP contribution in [0.25, 0.3) is 11.3 Å². The van der Waals surface area contributed by atoms with E-state index in [2.05, 4.69) is 4.98 Å². The van der Waals surface area contributed by atoms with E-state index >= 15 is 0 Å². The molecule has 1 aromatic carbocycles. The second-order valence-corrected chi connectivity index (χ2v) is 3.45. The van der Waals surface area contributed by atoms with E-state index in [0.29, 0.717) is 5.56 Å². The van der Waals surface area contributed by atoms with E-state index in [1.165, 1.54) is 31.2 Å². The Kier molecular flexibility index (Phi) is 2.76. The molecule has 0 fully saturated rings. The summed E-state index contributed by atoms with van der Waals surface area (Å²) in [5.41, 5.74) is 0.359. The van der Waals surface area contributed by atoms with Gasteiger partial charge in [-0.05, 0) is 12.1 Å². The molecular weight excluding hydrogens is 242 g/mol. The number of aromatic nitrogens is 1. The van der Waals surface area contributed by atoms with Gasteiger partial charge in [-0.1, -0.05) is 0 Å². The molecule has 1 aromatic heterocycles. The van der Waals surface area contributed by atoms with Crippen LogP contribution in [0, 0.1) is 27.2 Å². The topological polar surface area (TPSA) is 112 Å². The first-order valence-electron chi connectivity index (χ1n) is 4.85. The fourth-order valence-corrected chi connectivity index (χ4v) is 1.47. The molecule has 0 N–H and O–H groups in total. The van der Waals surface area contributed by atoms with E-state index in [-0.39, 0.29) is 17.3 Å². The Bertz CT molecular complexity index is 617. The average Bonchev–Trinajstić information content (AvgIpc) is 2.71. The second kappa shape index (κ2) is 4.24.